The summed E-state index contributed by atoms with van der Waals surface area (Å²) in [6, 6.07) is 9.70. The van der Waals surface area contributed by atoms with Crippen LogP contribution in [0, 0.1) is 23.7 Å². The molecule has 2 amide bonds. The first kappa shape index (κ1) is 20.0. The van der Waals surface area contributed by atoms with E-state index >= 15 is 0 Å². The van der Waals surface area contributed by atoms with E-state index in [0.717, 1.165) is 35.3 Å². The van der Waals surface area contributed by atoms with Crippen LogP contribution in [0.2, 0.25) is 0 Å². The van der Waals surface area contributed by atoms with Gasteiger partial charge in [0.15, 0.2) is 0 Å². The summed E-state index contributed by atoms with van der Waals surface area (Å²) in [5.74, 6) is -2.83. The maximum Gasteiger partial charge on any atom is 0.307 e. The van der Waals surface area contributed by atoms with Gasteiger partial charge in [-0.25, -0.2) is 0 Å². The van der Waals surface area contributed by atoms with Crippen LogP contribution in [-0.2, 0) is 29.0 Å². The number of rotatable bonds is 6. The first-order chi connectivity index (χ1) is 15.0. The molecule has 3 aliphatic rings. The molecule has 0 radical (unpaired) electrons. The second kappa shape index (κ2) is 7.96. The number of benzene rings is 1. The number of fused-ring (bicyclic) bond motifs is 3. The number of carbonyl (C=O) groups is 3. The number of allylic oxidation sites excluding steroid dienone is 2. The molecule has 4 atom stereocenters. The van der Waals surface area contributed by atoms with Crippen molar-refractivity contribution in [2.45, 2.75) is 32.2 Å². The van der Waals surface area contributed by atoms with Crippen molar-refractivity contribution in [2.75, 3.05) is 5.32 Å². The standard InChI is InChI=1S/C24H24N2O4S/c27-21(25-12-13-5-2-1-3-6-13)20-16-7-4-8-17(16)31-23(20)26-22(28)18-14-9-10-15(11-14)19(18)24(29)30/h1-3,5-6,9-10,14-15,18-19H,4,7-8,11-12H2,(H,25,27)(H,26,28)(H,29,30). The lowest BCUT2D eigenvalue weighted by Crippen LogP contribution is -2.36. The lowest BCUT2D eigenvalue weighted by Gasteiger charge is -2.23. The van der Waals surface area contributed by atoms with Crippen molar-refractivity contribution >= 4 is 34.1 Å². The number of thiophene rings is 1. The molecule has 1 heterocycles. The minimum Gasteiger partial charge on any atom is -0.481 e. The van der Waals surface area contributed by atoms with Crippen LogP contribution in [0.3, 0.4) is 0 Å². The van der Waals surface area contributed by atoms with Crippen molar-refractivity contribution in [1.29, 1.82) is 0 Å². The van der Waals surface area contributed by atoms with E-state index in [4.69, 9.17) is 0 Å². The van der Waals surface area contributed by atoms with E-state index in [1.165, 1.54) is 11.3 Å². The number of carbonyl (C=O) groups excluding carboxylic acids is 2. The third kappa shape index (κ3) is 3.57. The van der Waals surface area contributed by atoms with E-state index in [1.807, 2.05) is 42.5 Å². The zero-order valence-electron chi connectivity index (χ0n) is 17.0. The SMILES string of the molecule is O=C(NCc1ccccc1)c1c(NC(=O)C2C3C=CC(C3)C2C(=O)O)sc2c1CCC2. The van der Waals surface area contributed by atoms with Gasteiger partial charge in [-0.3, -0.25) is 14.4 Å². The van der Waals surface area contributed by atoms with Gasteiger partial charge in [-0.15, -0.1) is 11.3 Å². The molecule has 3 N–H and O–H groups in total. The van der Waals surface area contributed by atoms with Gasteiger partial charge in [0.1, 0.15) is 5.00 Å². The van der Waals surface area contributed by atoms with Crippen molar-refractivity contribution in [3.8, 4) is 0 Å². The monoisotopic (exact) mass is 436 g/mol. The highest BCUT2D eigenvalue weighted by atomic mass is 32.1. The summed E-state index contributed by atoms with van der Waals surface area (Å²) in [7, 11) is 0. The molecule has 6 nitrogen and oxygen atoms in total. The summed E-state index contributed by atoms with van der Waals surface area (Å²) in [4.78, 5) is 39.2. The molecule has 0 spiro atoms. The Morgan fingerprint density at radius 2 is 1.77 bits per heavy atom. The number of anilines is 1. The predicted octanol–water partition coefficient (Wildman–Crippen LogP) is 3.63. The van der Waals surface area contributed by atoms with E-state index in [0.29, 0.717) is 23.5 Å². The molecule has 2 aromatic rings. The molecule has 160 valence electrons. The van der Waals surface area contributed by atoms with E-state index in [1.54, 1.807) is 0 Å². The van der Waals surface area contributed by atoms with Gasteiger partial charge in [-0.1, -0.05) is 42.5 Å². The minimum absolute atomic E-state index is 0.0479. The first-order valence-corrected chi connectivity index (χ1v) is 11.5. The van der Waals surface area contributed by atoms with Crippen molar-refractivity contribution in [2.24, 2.45) is 23.7 Å². The highest BCUT2D eigenvalue weighted by Gasteiger charge is 2.51. The minimum atomic E-state index is -0.925. The molecule has 0 aliphatic heterocycles. The zero-order chi connectivity index (χ0) is 21.5. The summed E-state index contributed by atoms with van der Waals surface area (Å²) in [6.07, 6.45) is 7.34. The maximum atomic E-state index is 13.2. The molecule has 1 aromatic heterocycles. The van der Waals surface area contributed by atoms with Gasteiger partial charge in [-0.2, -0.15) is 0 Å². The van der Waals surface area contributed by atoms with Crippen molar-refractivity contribution in [3.05, 3.63) is 64.1 Å². The highest BCUT2D eigenvalue weighted by molar-refractivity contribution is 7.17. The van der Waals surface area contributed by atoms with Gasteiger partial charge in [-0.05, 0) is 48.6 Å². The molecular formula is C24H24N2O4S. The van der Waals surface area contributed by atoms with E-state index in [9.17, 15) is 19.5 Å². The number of amides is 2. The van der Waals surface area contributed by atoms with E-state index in [2.05, 4.69) is 10.6 Å². The summed E-state index contributed by atoms with van der Waals surface area (Å²) in [5, 5.41) is 16.1. The fraction of sp³-hybridized carbons (Fsp3) is 0.375. The van der Waals surface area contributed by atoms with Crippen LogP contribution in [0.25, 0.3) is 0 Å². The molecule has 4 unspecified atom stereocenters. The third-order valence-electron chi connectivity index (χ3n) is 6.73. The number of carboxylic acids is 1. The number of aliphatic carboxylic acids is 1. The van der Waals surface area contributed by atoms with Gasteiger partial charge < -0.3 is 15.7 Å². The normalized spacial score (nSPS) is 25.4. The molecule has 3 aliphatic carbocycles. The summed E-state index contributed by atoms with van der Waals surface area (Å²) < 4.78 is 0. The van der Waals surface area contributed by atoms with Crippen molar-refractivity contribution < 1.29 is 19.5 Å². The Kier molecular flexibility index (Phi) is 5.14. The van der Waals surface area contributed by atoms with Crippen molar-refractivity contribution in [1.82, 2.24) is 5.32 Å². The second-order valence-corrected chi connectivity index (χ2v) is 9.66. The Morgan fingerprint density at radius 1 is 1.03 bits per heavy atom. The van der Waals surface area contributed by atoms with Crippen LogP contribution < -0.4 is 10.6 Å². The number of hydrogen-bond donors (Lipinski definition) is 3. The van der Waals surface area contributed by atoms with Gasteiger partial charge in [0.2, 0.25) is 5.91 Å². The van der Waals surface area contributed by atoms with E-state index in [-0.39, 0.29) is 23.7 Å². The average Bonchev–Trinajstić information content (AvgIpc) is 3.52. The van der Waals surface area contributed by atoms with Gasteiger partial charge >= 0.3 is 5.97 Å². The zero-order valence-corrected chi connectivity index (χ0v) is 17.8. The number of aryl methyl sites for hydroxylation is 1. The van der Waals surface area contributed by atoms with Gasteiger partial charge in [0, 0.05) is 11.4 Å². The molecule has 5 rings (SSSR count). The number of carboxylic acid groups (broad SMARTS) is 1. The summed E-state index contributed by atoms with van der Waals surface area (Å²) in [6.45, 7) is 0.413. The molecule has 31 heavy (non-hydrogen) atoms. The Bertz CT molecular complexity index is 1070. The Balaban J connectivity index is 1.37. The van der Waals surface area contributed by atoms with Crippen LogP contribution in [0.5, 0.6) is 0 Å². The lowest BCUT2D eigenvalue weighted by molar-refractivity contribution is -0.146. The fourth-order valence-electron chi connectivity index (χ4n) is 5.31. The molecule has 1 aromatic carbocycles. The van der Waals surface area contributed by atoms with Gasteiger partial charge in [0.25, 0.3) is 5.91 Å². The average molecular weight is 437 g/mol. The Morgan fingerprint density at radius 3 is 2.52 bits per heavy atom. The molecule has 0 saturated heterocycles. The van der Waals surface area contributed by atoms with Crippen LogP contribution >= 0.6 is 11.3 Å². The number of nitrogens with one attached hydrogen (secondary N) is 2. The van der Waals surface area contributed by atoms with Crippen LogP contribution in [-0.4, -0.2) is 22.9 Å². The molecule has 1 saturated carbocycles. The van der Waals surface area contributed by atoms with Gasteiger partial charge in [0.05, 0.1) is 17.4 Å². The molecular weight excluding hydrogens is 412 g/mol. The largest absolute Gasteiger partial charge is 0.481 e. The quantitative estimate of drug-likeness (QED) is 0.603. The second-order valence-electron chi connectivity index (χ2n) is 8.56. The Hall–Kier alpha value is -2.93. The van der Waals surface area contributed by atoms with E-state index < -0.39 is 17.8 Å². The highest BCUT2D eigenvalue weighted by Crippen LogP contribution is 2.49. The third-order valence-corrected chi connectivity index (χ3v) is 7.94. The van der Waals surface area contributed by atoms with Crippen LogP contribution in [0.4, 0.5) is 5.00 Å². The van der Waals surface area contributed by atoms with Crippen LogP contribution in [0.1, 0.15) is 39.2 Å². The maximum absolute atomic E-state index is 13.2. The fourth-order valence-corrected chi connectivity index (χ4v) is 6.60. The summed E-state index contributed by atoms with van der Waals surface area (Å²) in [5.41, 5.74) is 2.58. The van der Waals surface area contributed by atoms with Crippen LogP contribution in [0.15, 0.2) is 42.5 Å². The number of hydrogen-bond acceptors (Lipinski definition) is 4. The molecule has 1 fully saturated rings. The summed E-state index contributed by atoms with van der Waals surface area (Å²) >= 11 is 1.46. The van der Waals surface area contributed by atoms with Crippen molar-refractivity contribution in [3.63, 3.8) is 0 Å². The molecule has 2 bridgehead atoms. The lowest BCUT2D eigenvalue weighted by atomic mass is 9.82. The molecule has 7 heteroatoms. The smallest absolute Gasteiger partial charge is 0.307 e. The topological polar surface area (TPSA) is 95.5 Å². The Labute approximate surface area is 184 Å². The predicted molar refractivity (Wildman–Crippen MR) is 118 cm³/mol. The first-order valence-electron chi connectivity index (χ1n) is 10.7.